The Morgan fingerprint density at radius 3 is 0.838 bits per heavy atom. The summed E-state index contributed by atoms with van der Waals surface area (Å²) < 4.78 is 60.5. The maximum Gasteiger partial charge on any atom is 0.330 e. The van der Waals surface area contributed by atoms with Gasteiger partial charge in [0.15, 0.2) is 0 Å². The summed E-state index contributed by atoms with van der Waals surface area (Å²) in [4.78, 5) is 64.0. The molecular weight excluding hydrogens is 1480 g/mol. The number of rotatable bonds is 44. The predicted molar refractivity (Wildman–Crippen MR) is 515 cm³/mol. The van der Waals surface area contributed by atoms with Gasteiger partial charge in [0.05, 0.1) is 13.2 Å². The van der Waals surface area contributed by atoms with Crippen LogP contribution in [0.15, 0.2) is 215 Å². The zero-order valence-corrected chi connectivity index (χ0v) is 59.8. The lowest BCUT2D eigenvalue weighted by Gasteiger charge is -2.14. The number of benzene rings is 5. The Balaban J connectivity index is -0.0000000525. The molecule has 0 saturated heterocycles. The fraction of sp³-hybridized carbons (Fsp3) is 0.515. The fourth-order valence-electron chi connectivity index (χ4n) is 7.70. The molecule has 1 atom stereocenters. The van der Waals surface area contributed by atoms with Crippen LogP contribution in [0.3, 0.4) is 0 Å². The number of carbonyl (C=O) groups is 6. The molecule has 117 heavy (non-hydrogen) atoms. The number of para-hydroxylation sites is 2. The van der Waals surface area contributed by atoms with Crippen molar-refractivity contribution < 1.29 is 85.6 Å². The average Bonchev–Trinajstić information content (AvgIpc) is 0.867. The maximum absolute atomic E-state index is 10.9. The van der Waals surface area contributed by atoms with E-state index in [1.807, 2.05) is 136 Å². The van der Waals surface area contributed by atoms with Crippen LogP contribution in [-0.2, 0) is 73.1 Å². The van der Waals surface area contributed by atoms with Crippen molar-refractivity contribution in [2.24, 2.45) is 5.92 Å². The van der Waals surface area contributed by atoms with Crippen molar-refractivity contribution in [1.82, 2.24) is 0 Å². The van der Waals surface area contributed by atoms with E-state index in [0.717, 1.165) is 84.5 Å². The quantitative estimate of drug-likeness (QED) is 0.0153. The van der Waals surface area contributed by atoms with Crippen LogP contribution in [0, 0.1) is 5.92 Å². The van der Waals surface area contributed by atoms with Crippen LogP contribution >= 0.6 is 0 Å². The third-order valence-electron chi connectivity index (χ3n) is 12.9. The Morgan fingerprint density at radius 2 is 0.547 bits per heavy atom. The molecule has 5 rings (SSSR count). The monoisotopic (exact) mass is 1660 g/mol. The maximum atomic E-state index is 10.9. The molecule has 0 fully saturated rings. The summed E-state index contributed by atoms with van der Waals surface area (Å²) in [5.41, 5.74) is 3.65. The molecular formula is C99H184O18. The number of unbranched alkanes of at least 4 members (excludes halogenated alkanes) is 7. The lowest BCUT2D eigenvalue weighted by molar-refractivity contribution is -0.140. The Hall–Kier alpha value is -9.52. The molecule has 1 unspecified atom stereocenters. The molecule has 0 bridgehead atoms. The molecule has 0 saturated carbocycles. The van der Waals surface area contributed by atoms with E-state index in [0.29, 0.717) is 65.4 Å². The number of ether oxygens (including phenoxy) is 12. The summed E-state index contributed by atoms with van der Waals surface area (Å²) >= 11 is 0. The van der Waals surface area contributed by atoms with Crippen molar-refractivity contribution >= 4 is 35.8 Å². The normalized spacial score (nSPS) is 8.36. The van der Waals surface area contributed by atoms with Crippen LogP contribution in [0.4, 0.5) is 0 Å². The summed E-state index contributed by atoms with van der Waals surface area (Å²) in [5.74, 6) is 1.22. The molecule has 0 amide bonds. The van der Waals surface area contributed by atoms with Gasteiger partial charge in [0.2, 0.25) is 0 Å². The van der Waals surface area contributed by atoms with Gasteiger partial charge in [0.25, 0.3) is 0 Å². The molecule has 18 nitrogen and oxygen atoms in total. The first kappa shape index (κ1) is 159. The van der Waals surface area contributed by atoms with E-state index < -0.39 is 29.8 Å². The van der Waals surface area contributed by atoms with E-state index in [4.69, 9.17) is 52.1 Å². The standard InChI is InChI=1S/C20H30O3.C17H16O3.C13H24O3.2C11H12O3.C7H12O3.C2H6.18CH4/c1-3-5-6-7-8-9-10-11-18-12-14-19(15-13-18)22-16-17-23-20(21)4-2;1-2-17(18)20-13-12-19-16-10-8-15(9-11-16)14-6-4-3-5-7-14;1-4-7-8-12(5-2)11-15-9-10-16-13(14)6-3;2*1-2-11(12)14-9-8-13-10-6-4-3-5-7-10;1-3-7(8)10-6-5-9-4-2;1-2;;;;;;;;;;;;;;;;;;/h4,12-15H,2-3,5-11,16-17H2,1H3;2-11H,1,12-13H2;6,12H,3-5,7-11H2,1-2H3;2*2-7H,1,8-9H2;3H,1,4-6H2,2H3;1-2H3;18*1H4. The number of hydrogen-bond acceptors (Lipinski definition) is 18. The summed E-state index contributed by atoms with van der Waals surface area (Å²) in [6.45, 7) is 37.6. The Labute approximate surface area is 723 Å². The molecule has 5 aromatic rings. The van der Waals surface area contributed by atoms with Gasteiger partial charge in [0, 0.05) is 49.7 Å². The molecule has 18 heteroatoms. The van der Waals surface area contributed by atoms with Crippen LogP contribution in [0.25, 0.3) is 11.1 Å². The van der Waals surface area contributed by atoms with Gasteiger partial charge in [-0.15, -0.1) is 0 Å². The highest BCUT2D eigenvalue weighted by molar-refractivity contribution is 5.83. The molecule has 0 spiro atoms. The number of esters is 6. The number of carbonyl (C=O) groups excluding carboxylic acids is 6. The first-order chi connectivity index (χ1) is 48.2. The molecule has 0 radical (unpaired) electrons. The number of aryl methyl sites for hydroxylation is 1. The van der Waals surface area contributed by atoms with Crippen LogP contribution in [0.1, 0.15) is 251 Å². The minimum absolute atomic E-state index is 0. The Morgan fingerprint density at radius 1 is 0.291 bits per heavy atom. The lowest BCUT2D eigenvalue weighted by Crippen LogP contribution is -2.13. The first-order valence-electron chi connectivity index (χ1n) is 34.0. The highest BCUT2D eigenvalue weighted by atomic mass is 16.6. The van der Waals surface area contributed by atoms with Gasteiger partial charge in [0.1, 0.15) is 89.1 Å². The minimum atomic E-state index is -0.437. The third kappa shape index (κ3) is 101. The molecule has 0 N–H and O–H groups in total. The van der Waals surface area contributed by atoms with Crippen molar-refractivity contribution in [3.63, 3.8) is 0 Å². The third-order valence-corrected chi connectivity index (χ3v) is 12.9. The second kappa shape index (κ2) is 120. The van der Waals surface area contributed by atoms with Gasteiger partial charge in [-0.1, -0.05) is 357 Å². The molecule has 0 aliphatic rings. The SMILES string of the molecule is C.C.C.C.C.C.C.C.C.C.C.C.C.C.C.C.C.C.C=CC(=O)OCCOCC.C=CC(=O)OCCOCC(CC)CCCC.C=CC(=O)OCCOc1ccc(-c2ccccc2)cc1.C=CC(=O)OCCOc1ccc(CCCCCCCCC)cc1.C=CC(=O)OCCOc1ccccc1.C=CC(=O)OCCOc1ccccc1.CC. The van der Waals surface area contributed by atoms with Gasteiger partial charge in [-0.2, -0.15) is 0 Å². The zero-order chi connectivity index (χ0) is 73.5. The largest absolute Gasteiger partial charge is 0.490 e. The van der Waals surface area contributed by atoms with Gasteiger partial charge >= 0.3 is 35.8 Å². The highest BCUT2D eigenvalue weighted by Crippen LogP contribution is 2.22. The van der Waals surface area contributed by atoms with Crippen molar-refractivity contribution in [3.8, 4) is 34.1 Å². The fourth-order valence-corrected chi connectivity index (χ4v) is 7.70. The van der Waals surface area contributed by atoms with E-state index in [1.54, 1.807) is 0 Å². The lowest BCUT2D eigenvalue weighted by atomic mass is 10.0. The molecule has 0 aliphatic carbocycles. The summed E-state index contributed by atoms with van der Waals surface area (Å²) in [7, 11) is 0. The summed E-state index contributed by atoms with van der Waals surface area (Å²) in [6.07, 6.45) is 22.2. The van der Waals surface area contributed by atoms with Gasteiger partial charge in [-0.25, -0.2) is 28.8 Å². The molecule has 0 heterocycles. The van der Waals surface area contributed by atoms with E-state index >= 15 is 0 Å². The van der Waals surface area contributed by atoms with Crippen molar-refractivity contribution in [3.05, 3.63) is 221 Å². The molecule has 0 aliphatic heterocycles. The van der Waals surface area contributed by atoms with Crippen LogP contribution in [0.2, 0.25) is 0 Å². The van der Waals surface area contributed by atoms with E-state index in [2.05, 4.69) is 89.2 Å². The second-order valence-electron chi connectivity index (χ2n) is 20.3. The zero-order valence-electron chi connectivity index (χ0n) is 59.8. The van der Waals surface area contributed by atoms with Crippen molar-refractivity contribution in [2.45, 2.75) is 252 Å². The minimum Gasteiger partial charge on any atom is -0.490 e. The average molecular weight is 1660 g/mol. The molecule has 5 aromatic carbocycles. The first-order valence-corrected chi connectivity index (χ1v) is 34.0. The Kier molecular flexibility index (Phi) is 163. The Bertz CT molecular complexity index is 2780. The number of hydrogen-bond donors (Lipinski definition) is 0. The van der Waals surface area contributed by atoms with Crippen molar-refractivity contribution in [1.29, 1.82) is 0 Å². The predicted octanol–water partition coefficient (Wildman–Crippen LogP) is 28.3. The van der Waals surface area contributed by atoms with Gasteiger partial charge in [-0.3, -0.25) is 0 Å². The van der Waals surface area contributed by atoms with Crippen molar-refractivity contribution in [2.75, 3.05) is 92.5 Å². The smallest absolute Gasteiger partial charge is 0.330 e. The van der Waals surface area contributed by atoms with E-state index in [-0.39, 0.29) is 166 Å². The molecule has 688 valence electrons. The van der Waals surface area contributed by atoms with Gasteiger partial charge < -0.3 is 56.8 Å². The van der Waals surface area contributed by atoms with Gasteiger partial charge in [-0.05, 0) is 97.3 Å². The van der Waals surface area contributed by atoms with Crippen LogP contribution in [-0.4, -0.2) is 128 Å². The topological polar surface area (TPSA) is 213 Å². The summed E-state index contributed by atoms with van der Waals surface area (Å²) in [6, 6.07) is 44.8. The van der Waals surface area contributed by atoms with E-state index in [1.165, 1.54) is 75.3 Å². The van der Waals surface area contributed by atoms with Crippen LogP contribution < -0.4 is 18.9 Å². The highest BCUT2D eigenvalue weighted by Gasteiger charge is 2.07. The molecule has 0 aromatic heterocycles. The van der Waals surface area contributed by atoms with E-state index in [9.17, 15) is 28.8 Å². The summed E-state index contributed by atoms with van der Waals surface area (Å²) in [5, 5.41) is 0. The second-order valence-corrected chi connectivity index (χ2v) is 20.3. The van der Waals surface area contributed by atoms with Crippen LogP contribution in [0.5, 0.6) is 23.0 Å².